The van der Waals surface area contributed by atoms with Crippen LogP contribution in [0.1, 0.15) is 13.3 Å². The van der Waals surface area contributed by atoms with Crippen LogP contribution in [0.25, 0.3) is 0 Å². The van der Waals surface area contributed by atoms with Crippen molar-refractivity contribution in [2.45, 2.75) is 35.9 Å². The minimum Gasteiger partial charge on any atom is -0.466 e. The molecule has 3 aliphatic rings. The Hall–Kier alpha value is -1.68. The maximum absolute atomic E-state index is 13.4. The van der Waals surface area contributed by atoms with E-state index in [1.807, 2.05) is 0 Å². The molecule has 2 amide bonds. The third-order valence-electron chi connectivity index (χ3n) is 6.07. The molecule has 3 heterocycles. The predicted octanol–water partition coefficient (Wildman–Crippen LogP) is 1.58. The summed E-state index contributed by atoms with van der Waals surface area (Å²) in [5, 5.41) is 12.7. The highest BCUT2D eigenvalue weighted by molar-refractivity contribution is 9.09. The fourth-order valence-corrected chi connectivity index (χ4v) is 6.18. The van der Waals surface area contributed by atoms with Crippen molar-refractivity contribution in [2.75, 3.05) is 25.1 Å². The number of carbonyl (C=O) groups excluding carboxylic acids is 3. The first-order valence-corrected chi connectivity index (χ1v) is 11.1. The third kappa shape index (κ3) is 3.14. The SMILES string of the molecule is CCOC(=O)[C@H]1[C@@H]2O[C@@]3(CC2Br)[C@@H]1C(=O)N(CCO)[C@@H]3C(=O)Nc1ccccc1Cl. The summed E-state index contributed by atoms with van der Waals surface area (Å²) in [5.74, 6) is -3.03. The summed E-state index contributed by atoms with van der Waals surface area (Å²) < 4.78 is 11.4. The second kappa shape index (κ2) is 8.11. The Bertz CT molecular complexity index is 885. The van der Waals surface area contributed by atoms with E-state index >= 15 is 0 Å². The van der Waals surface area contributed by atoms with Gasteiger partial charge in [0.2, 0.25) is 11.8 Å². The fraction of sp³-hybridized carbons (Fsp3) is 0.550. The zero-order valence-corrected chi connectivity index (χ0v) is 18.6. The Morgan fingerprint density at radius 2 is 2.17 bits per heavy atom. The van der Waals surface area contributed by atoms with E-state index in [4.69, 9.17) is 21.1 Å². The number of para-hydroxylation sites is 1. The quantitative estimate of drug-likeness (QED) is 0.453. The van der Waals surface area contributed by atoms with Gasteiger partial charge in [-0.1, -0.05) is 39.7 Å². The summed E-state index contributed by atoms with van der Waals surface area (Å²) in [6.45, 7) is 1.51. The van der Waals surface area contributed by atoms with Crippen molar-refractivity contribution >= 4 is 51.0 Å². The molecule has 1 unspecified atom stereocenters. The molecular weight excluding hydrogens is 480 g/mol. The Morgan fingerprint density at radius 3 is 2.83 bits per heavy atom. The van der Waals surface area contributed by atoms with Gasteiger partial charge in [0.1, 0.15) is 11.6 Å². The summed E-state index contributed by atoms with van der Waals surface area (Å²) >= 11 is 9.73. The number of benzene rings is 1. The van der Waals surface area contributed by atoms with Crippen molar-refractivity contribution in [2.24, 2.45) is 11.8 Å². The van der Waals surface area contributed by atoms with E-state index < -0.39 is 41.5 Å². The van der Waals surface area contributed by atoms with Gasteiger partial charge in [0.15, 0.2) is 0 Å². The van der Waals surface area contributed by atoms with E-state index in [-0.39, 0.29) is 30.5 Å². The predicted molar refractivity (Wildman–Crippen MR) is 111 cm³/mol. The van der Waals surface area contributed by atoms with Crippen molar-refractivity contribution in [3.05, 3.63) is 29.3 Å². The maximum Gasteiger partial charge on any atom is 0.312 e. The summed E-state index contributed by atoms with van der Waals surface area (Å²) in [4.78, 5) is 40.5. The number of hydrogen-bond acceptors (Lipinski definition) is 6. The van der Waals surface area contributed by atoms with Crippen LogP contribution in [0.15, 0.2) is 24.3 Å². The number of nitrogens with one attached hydrogen (secondary N) is 1. The largest absolute Gasteiger partial charge is 0.466 e. The highest BCUT2D eigenvalue weighted by atomic mass is 79.9. The molecule has 0 aliphatic carbocycles. The van der Waals surface area contributed by atoms with Gasteiger partial charge in [0.05, 0.1) is 41.9 Å². The molecule has 3 aliphatic heterocycles. The number of hydrogen-bond donors (Lipinski definition) is 2. The van der Waals surface area contributed by atoms with Gasteiger partial charge in [-0.2, -0.15) is 0 Å². The summed E-state index contributed by atoms with van der Waals surface area (Å²) in [6.07, 6.45) is -0.183. The monoisotopic (exact) mass is 500 g/mol. The number of carbonyl (C=O) groups is 3. The van der Waals surface area contributed by atoms with Gasteiger partial charge in [-0.25, -0.2) is 0 Å². The minimum atomic E-state index is -1.19. The van der Waals surface area contributed by atoms with Crippen molar-refractivity contribution < 1.29 is 29.0 Å². The van der Waals surface area contributed by atoms with E-state index in [0.717, 1.165) is 0 Å². The lowest BCUT2D eigenvalue weighted by atomic mass is 9.70. The Balaban J connectivity index is 1.72. The van der Waals surface area contributed by atoms with Gasteiger partial charge in [-0.15, -0.1) is 0 Å². The van der Waals surface area contributed by atoms with Gasteiger partial charge < -0.3 is 24.8 Å². The molecule has 162 valence electrons. The molecule has 8 nitrogen and oxygen atoms in total. The second-order valence-electron chi connectivity index (χ2n) is 7.64. The van der Waals surface area contributed by atoms with Crippen LogP contribution >= 0.6 is 27.5 Å². The number of alkyl halides is 1. The normalized spacial score (nSPS) is 34.2. The first-order valence-electron chi connectivity index (χ1n) is 9.81. The Kier molecular flexibility index (Phi) is 5.82. The first kappa shape index (κ1) is 21.5. The average Bonchev–Trinajstić information content (AvgIpc) is 3.28. The third-order valence-corrected chi connectivity index (χ3v) is 7.24. The van der Waals surface area contributed by atoms with Crippen LogP contribution in [-0.2, 0) is 23.9 Å². The second-order valence-corrected chi connectivity index (χ2v) is 9.22. The molecule has 6 atom stereocenters. The molecule has 4 rings (SSSR count). The number of ether oxygens (including phenoxy) is 2. The number of fused-ring (bicyclic) bond motifs is 1. The van der Waals surface area contributed by atoms with E-state index in [2.05, 4.69) is 21.2 Å². The molecule has 3 fully saturated rings. The number of likely N-dealkylation sites (tertiary alicyclic amines) is 1. The topological polar surface area (TPSA) is 105 Å². The number of rotatable bonds is 6. The maximum atomic E-state index is 13.4. The molecule has 10 heteroatoms. The molecule has 2 bridgehead atoms. The van der Waals surface area contributed by atoms with Gasteiger partial charge in [-0.3, -0.25) is 14.4 Å². The molecule has 1 aromatic rings. The number of nitrogens with zero attached hydrogens (tertiary/aromatic N) is 1. The van der Waals surface area contributed by atoms with Crippen LogP contribution in [0.2, 0.25) is 5.02 Å². The molecule has 0 saturated carbocycles. The van der Waals surface area contributed by atoms with Crippen LogP contribution in [0.5, 0.6) is 0 Å². The van der Waals surface area contributed by atoms with Crippen molar-refractivity contribution in [3.8, 4) is 0 Å². The van der Waals surface area contributed by atoms with Gasteiger partial charge in [0.25, 0.3) is 0 Å². The number of amides is 2. The van der Waals surface area contributed by atoms with Crippen LogP contribution in [0, 0.1) is 11.8 Å². The lowest BCUT2D eigenvalue weighted by Crippen LogP contribution is -2.54. The molecule has 2 N–H and O–H groups in total. The molecule has 0 aromatic heterocycles. The van der Waals surface area contributed by atoms with E-state index in [1.54, 1.807) is 31.2 Å². The summed E-state index contributed by atoms with van der Waals surface area (Å²) in [6, 6.07) is 5.77. The number of aliphatic hydroxyl groups excluding tert-OH is 1. The number of aliphatic hydroxyl groups is 1. The smallest absolute Gasteiger partial charge is 0.312 e. The molecule has 0 radical (unpaired) electrons. The number of anilines is 1. The standard InChI is InChI=1S/C20H22BrClN2O6/c1-2-29-19(28)13-14-18(27)24(7-8-25)16(20(14)9-10(21)15(13)30-20)17(26)23-12-6-4-3-5-11(12)22/h3-6,10,13-16,25H,2,7-9H2,1H3,(H,23,26)/t10?,13-,14+,15-,16-,20+/m1/s1. The molecular formula is C20H22BrClN2O6. The van der Waals surface area contributed by atoms with Gasteiger partial charge >= 0.3 is 5.97 Å². The Labute approximate surface area is 187 Å². The first-order chi connectivity index (χ1) is 14.4. The summed E-state index contributed by atoms with van der Waals surface area (Å²) in [5.41, 5.74) is -0.779. The Morgan fingerprint density at radius 1 is 1.43 bits per heavy atom. The number of β-amino-alcohol motifs (C(OH)–C–C–N with tert-alkyl or cyclic N) is 1. The summed E-state index contributed by atoms with van der Waals surface area (Å²) in [7, 11) is 0. The van der Waals surface area contributed by atoms with Gasteiger partial charge in [0, 0.05) is 11.4 Å². The zero-order valence-electron chi connectivity index (χ0n) is 16.2. The van der Waals surface area contributed by atoms with Gasteiger partial charge in [-0.05, 0) is 25.5 Å². The lowest BCUT2D eigenvalue weighted by Gasteiger charge is -2.33. The van der Waals surface area contributed by atoms with E-state index in [0.29, 0.717) is 17.1 Å². The van der Waals surface area contributed by atoms with Crippen LogP contribution in [-0.4, -0.2) is 70.1 Å². The van der Waals surface area contributed by atoms with Crippen molar-refractivity contribution in [1.29, 1.82) is 0 Å². The van der Waals surface area contributed by atoms with Crippen molar-refractivity contribution in [3.63, 3.8) is 0 Å². The highest BCUT2D eigenvalue weighted by Crippen LogP contribution is 2.60. The molecule has 30 heavy (non-hydrogen) atoms. The minimum absolute atomic E-state index is 0.0474. The van der Waals surface area contributed by atoms with Crippen LogP contribution in [0.4, 0.5) is 5.69 Å². The average molecular weight is 502 g/mol. The van der Waals surface area contributed by atoms with Crippen molar-refractivity contribution in [1.82, 2.24) is 4.90 Å². The highest BCUT2D eigenvalue weighted by Gasteiger charge is 2.76. The van der Waals surface area contributed by atoms with E-state index in [9.17, 15) is 19.5 Å². The molecule has 3 saturated heterocycles. The number of halogens is 2. The molecule has 1 spiro atoms. The number of esters is 1. The van der Waals surface area contributed by atoms with Crippen LogP contribution < -0.4 is 5.32 Å². The fourth-order valence-electron chi connectivity index (χ4n) is 5.05. The zero-order chi connectivity index (χ0) is 21.6. The molecule has 1 aromatic carbocycles. The lowest BCUT2D eigenvalue weighted by molar-refractivity contribution is -0.154. The van der Waals surface area contributed by atoms with E-state index in [1.165, 1.54) is 4.90 Å². The van der Waals surface area contributed by atoms with Crippen LogP contribution in [0.3, 0.4) is 0 Å².